The van der Waals surface area contributed by atoms with Crippen molar-refractivity contribution in [3.63, 3.8) is 0 Å². The molecule has 0 radical (unpaired) electrons. The van der Waals surface area contributed by atoms with E-state index in [0.717, 1.165) is 5.56 Å². The second kappa shape index (κ2) is 8.37. The second-order valence-corrected chi connectivity index (χ2v) is 8.10. The van der Waals surface area contributed by atoms with Crippen LogP contribution in [0.15, 0.2) is 24.3 Å². The number of hydrogen-bond acceptors (Lipinski definition) is 3. The first-order chi connectivity index (χ1) is 9.45. The Kier molecular flexibility index (Phi) is 7.16. The third kappa shape index (κ3) is 6.01. The Balaban J connectivity index is 2.57. The van der Waals surface area contributed by atoms with Crippen molar-refractivity contribution in [3.05, 3.63) is 29.8 Å². The van der Waals surface area contributed by atoms with Crippen molar-refractivity contribution in [2.24, 2.45) is 0 Å². The van der Waals surface area contributed by atoms with Gasteiger partial charge in [-0.3, -0.25) is 0 Å². The third-order valence-corrected chi connectivity index (χ3v) is 5.69. The molecule has 1 rings (SSSR count). The quantitative estimate of drug-likeness (QED) is 0.435. The molecular weight excluding hydrogens is 295 g/mol. The van der Waals surface area contributed by atoms with Gasteiger partial charge in [-0.05, 0) is 5.56 Å². The number of unbranched alkanes of at least 4 members (excludes halogenated alkanes) is 2. The first-order valence-electron chi connectivity index (χ1n) is 6.74. The van der Waals surface area contributed by atoms with Crippen LogP contribution >= 0.6 is 7.60 Å². The largest absolute Gasteiger partial charge is 0.452 e. The molecule has 0 saturated heterocycles. The Morgan fingerprint density at radius 2 is 2.00 bits per heavy atom. The molecule has 0 spiro atoms. The van der Waals surface area contributed by atoms with E-state index in [9.17, 15) is 9.36 Å². The fourth-order valence-electron chi connectivity index (χ4n) is 1.91. The van der Waals surface area contributed by atoms with Crippen LogP contribution in [0, 0.1) is 0 Å². The van der Waals surface area contributed by atoms with E-state index in [4.69, 9.17) is 9.79 Å². The van der Waals surface area contributed by atoms with Crippen LogP contribution < -0.4 is 5.19 Å². The van der Waals surface area contributed by atoms with E-state index in [1.807, 2.05) is 24.3 Å². The number of carbonyl (C=O) groups is 1. The van der Waals surface area contributed by atoms with Gasteiger partial charge in [-0.25, -0.2) is 9.36 Å². The van der Waals surface area contributed by atoms with Crippen LogP contribution in [0.2, 0.25) is 6.04 Å². The van der Waals surface area contributed by atoms with Gasteiger partial charge in [-0.2, -0.15) is 0 Å². The van der Waals surface area contributed by atoms with Gasteiger partial charge in [-0.15, -0.1) is 0 Å². The van der Waals surface area contributed by atoms with E-state index in [-0.39, 0.29) is 6.61 Å². The summed E-state index contributed by atoms with van der Waals surface area (Å²) in [4.78, 5) is 28.4. The van der Waals surface area contributed by atoms with Crippen molar-refractivity contribution in [2.45, 2.75) is 38.8 Å². The zero-order valence-corrected chi connectivity index (χ0v) is 13.9. The highest BCUT2D eigenvalue weighted by Gasteiger charge is 2.27. The van der Waals surface area contributed by atoms with E-state index in [1.165, 1.54) is 30.5 Å². The minimum Gasteiger partial charge on any atom is -0.452 e. The Labute approximate surface area is 121 Å². The van der Waals surface area contributed by atoms with E-state index in [1.54, 1.807) is 0 Å². The fraction of sp³-hybridized carbons (Fsp3) is 0.462. The lowest BCUT2D eigenvalue weighted by molar-refractivity contribution is 0.157. The molecule has 112 valence electrons. The second-order valence-electron chi connectivity index (χ2n) is 4.68. The van der Waals surface area contributed by atoms with Crippen LogP contribution in [-0.2, 0) is 15.9 Å². The molecule has 0 amide bonds. The van der Waals surface area contributed by atoms with Gasteiger partial charge in [0.05, 0.1) is 9.52 Å². The predicted molar refractivity (Wildman–Crippen MR) is 81.2 cm³/mol. The van der Waals surface area contributed by atoms with Crippen LogP contribution in [0.1, 0.15) is 31.7 Å². The van der Waals surface area contributed by atoms with Crippen LogP contribution in [-0.4, -0.2) is 25.0 Å². The number of benzene rings is 1. The summed E-state index contributed by atoms with van der Waals surface area (Å²) >= 11 is 0. The number of ether oxygens (including phenoxy) is 1. The monoisotopic (exact) mass is 316 g/mol. The molecule has 5 nitrogen and oxygen atoms in total. The van der Waals surface area contributed by atoms with Crippen molar-refractivity contribution in [3.8, 4) is 0 Å². The molecule has 0 unspecified atom stereocenters. The van der Waals surface area contributed by atoms with Crippen LogP contribution in [0.4, 0.5) is 4.79 Å². The van der Waals surface area contributed by atoms with Crippen LogP contribution in [0.3, 0.4) is 0 Å². The topological polar surface area (TPSA) is 83.8 Å². The Hall–Kier alpha value is -0.943. The van der Waals surface area contributed by atoms with Gasteiger partial charge >= 0.3 is 13.3 Å². The number of hydrogen-bond donors (Lipinski definition) is 2. The fourth-order valence-corrected chi connectivity index (χ4v) is 3.97. The maximum absolute atomic E-state index is 11.1. The average Bonchev–Trinajstić information content (AvgIpc) is 2.41. The average molecular weight is 316 g/mol. The Bertz CT molecular complexity index is 485. The maximum Gasteiger partial charge on any atom is 0.433 e. The summed E-state index contributed by atoms with van der Waals surface area (Å²) in [6.07, 6.45) is 3.62. The van der Waals surface area contributed by atoms with E-state index in [0.29, 0.717) is 0 Å². The molecule has 0 aliphatic rings. The van der Waals surface area contributed by atoms with Gasteiger partial charge in [0.25, 0.3) is 0 Å². The van der Waals surface area contributed by atoms with Crippen LogP contribution in [0.5, 0.6) is 0 Å². The summed E-state index contributed by atoms with van der Waals surface area (Å²) in [6, 6.07) is 8.83. The van der Waals surface area contributed by atoms with Gasteiger partial charge in [-0.1, -0.05) is 61.7 Å². The zero-order chi connectivity index (χ0) is 15.0. The van der Waals surface area contributed by atoms with Crippen molar-refractivity contribution in [1.29, 1.82) is 0 Å². The molecule has 2 N–H and O–H groups in total. The molecule has 0 aliphatic carbocycles. The lowest BCUT2D eigenvalue weighted by Crippen LogP contribution is -2.20. The number of rotatable bonds is 8. The molecule has 0 bridgehead atoms. The Morgan fingerprint density at radius 1 is 1.30 bits per heavy atom. The third-order valence-electron chi connectivity index (χ3n) is 3.01. The summed E-state index contributed by atoms with van der Waals surface area (Å²) in [5, 5.41) is 1.20. The molecule has 20 heavy (non-hydrogen) atoms. The van der Waals surface area contributed by atoms with Crippen molar-refractivity contribution in [1.82, 2.24) is 0 Å². The highest BCUT2D eigenvalue weighted by Crippen LogP contribution is 2.37. The summed E-state index contributed by atoms with van der Waals surface area (Å²) in [5.41, 5.74) is -0.600. The molecule has 0 saturated carbocycles. The van der Waals surface area contributed by atoms with Crippen LogP contribution in [0.25, 0.3) is 0 Å². The predicted octanol–water partition coefficient (Wildman–Crippen LogP) is 1.90. The van der Waals surface area contributed by atoms with Crippen molar-refractivity contribution < 1.29 is 23.9 Å². The standard InChI is InChI=1S/C13H21O5PSi/c1-2-3-6-9-20-12-8-5-4-7-11(12)10-18-13(14)19(15,16)17/h4-5,7-8H,2-3,6,9-10,20H2,1H3,(H2,15,16,17). The highest BCUT2D eigenvalue weighted by molar-refractivity contribution is 7.69. The zero-order valence-electron chi connectivity index (χ0n) is 11.6. The summed E-state index contributed by atoms with van der Waals surface area (Å²) in [5.74, 6) is 0. The molecule has 0 fully saturated rings. The van der Waals surface area contributed by atoms with Crippen molar-refractivity contribution >= 4 is 28.0 Å². The van der Waals surface area contributed by atoms with E-state index >= 15 is 0 Å². The summed E-state index contributed by atoms with van der Waals surface area (Å²) in [7, 11) is -5.21. The smallest absolute Gasteiger partial charge is 0.433 e. The molecule has 0 heterocycles. The molecule has 1 aromatic rings. The van der Waals surface area contributed by atoms with Gasteiger partial charge in [0.15, 0.2) is 0 Å². The molecule has 0 aliphatic heterocycles. The first-order valence-corrected chi connectivity index (χ1v) is 10.1. The molecule has 0 atom stereocenters. The summed E-state index contributed by atoms with van der Waals surface area (Å²) < 4.78 is 15.4. The SMILES string of the molecule is CCCCC[SiH2]c1ccccc1COC(=O)P(=O)(O)O. The van der Waals surface area contributed by atoms with Gasteiger partial charge in [0.1, 0.15) is 6.61 Å². The minimum atomic E-state index is -4.79. The molecule has 0 aromatic heterocycles. The molecular formula is C13H21O5PSi. The van der Waals surface area contributed by atoms with E-state index < -0.39 is 22.8 Å². The van der Waals surface area contributed by atoms with Gasteiger partial charge in [0, 0.05) is 0 Å². The lowest BCUT2D eigenvalue weighted by atomic mass is 10.2. The van der Waals surface area contributed by atoms with E-state index in [2.05, 4.69) is 11.7 Å². The highest BCUT2D eigenvalue weighted by atomic mass is 31.2. The summed E-state index contributed by atoms with van der Waals surface area (Å²) in [6.45, 7) is 2.10. The Morgan fingerprint density at radius 3 is 2.65 bits per heavy atom. The molecule has 7 heteroatoms. The lowest BCUT2D eigenvalue weighted by Gasteiger charge is -2.10. The molecule has 1 aromatic carbocycles. The van der Waals surface area contributed by atoms with Gasteiger partial charge in [0.2, 0.25) is 0 Å². The normalized spacial score (nSPS) is 11.9. The number of carbonyl (C=O) groups excluding carboxylic acids is 1. The van der Waals surface area contributed by atoms with Crippen molar-refractivity contribution in [2.75, 3.05) is 0 Å². The first kappa shape index (κ1) is 17.1. The maximum atomic E-state index is 11.1. The van der Waals surface area contributed by atoms with Gasteiger partial charge < -0.3 is 14.5 Å². The minimum absolute atomic E-state index is 0.0686.